The maximum atomic E-state index is 10.0. The molecule has 1 aromatic carbocycles. The third-order valence-electron chi connectivity index (χ3n) is 3.24. The molecule has 92 valence electrons. The van der Waals surface area contributed by atoms with Crippen molar-refractivity contribution in [2.75, 3.05) is 6.61 Å². The predicted molar refractivity (Wildman–Crippen MR) is 68.8 cm³/mol. The number of ether oxygens (including phenoxy) is 1. The van der Waals surface area contributed by atoms with Gasteiger partial charge >= 0.3 is 0 Å². The Balaban J connectivity index is 1.89. The van der Waals surface area contributed by atoms with Crippen LogP contribution in [0.5, 0.6) is 0 Å². The quantitative estimate of drug-likeness (QED) is 0.864. The van der Waals surface area contributed by atoms with E-state index in [1.807, 2.05) is 18.2 Å². The summed E-state index contributed by atoms with van der Waals surface area (Å²) in [5, 5.41) is 10.0. The molecule has 2 rings (SSSR count). The summed E-state index contributed by atoms with van der Waals surface area (Å²) < 4.78 is 5.47. The number of rotatable bonds is 4. The summed E-state index contributed by atoms with van der Waals surface area (Å²) in [5.74, 6) is 0.768. The zero-order valence-corrected chi connectivity index (χ0v) is 10.4. The van der Waals surface area contributed by atoms with Gasteiger partial charge in [0.1, 0.15) is 11.9 Å². The van der Waals surface area contributed by atoms with Crippen LogP contribution in [-0.4, -0.2) is 17.8 Å². The van der Waals surface area contributed by atoms with Gasteiger partial charge in [-0.1, -0.05) is 24.3 Å². The number of benzene rings is 1. The SMILES string of the molecule is Cc1ccccc1CCC(O)C1=CCCCO1. The summed E-state index contributed by atoms with van der Waals surface area (Å²) in [5.41, 5.74) is 2.60. The number of hydrogen-bond acceptors (Lipinski definition) is 2. The summed E-state index contributed by atoms with van der Waals surface area (Å²) in [7, 11) is 0. The summed E-state index contributed by atoms with van der Waals surface area (Å²) in [6.07, 6.45) is 5.29. The molecule has 2 heteroatoms. The van der Waals surface area contributed by atoms with Crippen molar-refractivity contribution in [3.63, 3.8) is 0 Å². The van der Waals surface area contributed by atoms with Gasteiger partial charge in [0.15, 0.2) is 0 Å². The van der Waals surface area contributed by atoms with Crippen molar-refractivity contribution in [2.45, 2.75) is 38.7 Å². The van der Waals surface area contributed by atoms with Crippen LogP contribution >= 0.6 is 0 Å². The maximum Gasteiger partial charge on any atom is 0.120 e. The first-order valence-electron chi connectivity index (χ1n) is 6.33. The van der Waals surface area contributed by atoms with E-state index in [4.69, 9.17) is 4.74 Å². The molecule has 1 aliphatic heterocycles. The minimum atomic E-state index is -0.449. The zero-order valence-electron chi connectivity index (χ0n) is 10.4. The van der Waals surface area contributed by atoms with Crippen LogP contribution in [0.1, 0.15) is 30.4 Å². The second-order valence-electron chi connectivity index (χ2n) is 4.58. The van der Waals surface area contributed by atoms with Crippen LogP contribution in [0.3, 0.4) is 0 Å². The van der Waals surface area contributed by atoms with E-state index in [2.05, 4.69) is 19.1 Å². The Morgan fingerprint density at radius 1 is 1.35 bits per heavy atom. The van der Waals surface area contributed by atoms with Gasteiger partial charge in [0.05, 0.1) is 6.61 Å². The van der Waals surface area contributed by atoms with Gasteiger partial charge in [0.2, 0.25) is 0 Å². The first-order valence-corrected chi connectivity index (χ1v) is 6.33. The molecule has 1 N–H and O–H groups in total. The van der Waals surface area contributed by atoms with Gasteiger partial charge in [-0.2, -0.15) is 0 Å². The average Bonchev–Trinajstić information content (AvgIpc) is 2.38. The highest BCUT2D eigenvalue weighted by Crippen LogP contribution is 2.18. The third-order valence-corrected chi connectivity index (χ3v) is 3.24. The van der Waals surface area contributed by atoms with Crippen molar-refractivity contribution in [2.24, 2.45) is 0 Å². The molecule has 1 aliphatic rings. The fourth-order valence-corrected chi connectivity index (χ4v) is 2.13. The van der Waals surface area contributed by atoms with Crippen molar-refractivity contribution < 1.29 is 9.84 Å². The zero-order chi connectivity index (χ0) is 12.1. The highest BCUT2D eigenvalue weighted by atomic mass is 16.5. The van der Waals surface area contributed by atoms with Crippen LogP contribution in [0.4, 0.5) is 0 Å². The van der Waals surface area contributed by atoms with Crippen LogP contribution in [0.15, 0.2) is 36.1 Å². The summed E-state index contributed by atoms with van der Waals surface area (Å²) >= 11 is 0. The summed E-state index contributed by atoms with van der Waals surface area (Å²) in [6, 6.07) is 8.32. The Hall–Kier alpha value is -1.28. The van der Waals surface area contributed by atoms with Crippen LogP contribution in [-0.2, 0) is 11.2 Å². The molecule has 0 fully saturated rings. The Bertz CT molecular complexity index is 396. The number of hydrogen-bond donors (Lipinski definition) is 1. The van der Waals surface area contributed by atoms with Gasteiger partial charge in [-0.05, 0) is 49.8 Å². The smallest absolute Gasteiger partial charge is 0.120 e. The average molecular weight is 232 g/mol. The molecule has 0 amide bonds. The highest BCUT2D eigenvalue weighted by Gasteiger charge is 2.14. The van der Waals surface area contributed by atoms with Crippen LogP contribution < -0.4 is 0 Å². The lowest BCUT2D eigenvalue weighted by atomic mass is 10.0. The van der Waals surface area contributed by atoms with Crippen LogP contribution in [0.2, 0.25) is 0 Å². The second kappa shape index (κ2) is 5.87. The van der Waals surface area contributed by atoms with Crippen molar-refractivity contribution in [3.05, 3.63) is 47.2 Å². The van der Waals surface area contributed by atoms with Gasteiger partial charge in [-0.25, -0.2) is 0 Å². The van der Waals surface area contributed by atoms with Crippen LogP contribution in [0, 0.1) is 6.92 Å². The van der Waals surface area contributed by atoms with Gasteiger partial charge in [0.25, 0.3) is 0 Å². The lowest BCUT2D eigenvalue weighted by Gasteiger charge is -2.20. The van der Waals surface area contributed by atoms with E-state index in [0.29, 0.717) is 0 Å². The molecule has 1 heterocycles. The fraction of sp³-hybridized carbons (Fsp3) is 0.467. The fourth-order valence-electron chi connectivity index (χ4n) is 2.13. The lowest BCUT2D eigenvalue weighted by molar-refractivity contribution is 0.0868. The molecule has 0 aliphatic carbocycles. The van der Waals surface area contributed by atoms with Gasteiger partial charge < -0.3 is 9.84 Å². The molecule has 1 aromatic rings. The van der Waals surface area contributed by atoms with E-state index >= 15 is 0 Å². The molecule has 1 atom stereocenters. The second-order valence-corrected chi connectivity index (χ2v) is 4.58. The van der Waals surface area contributed by atoms with Crippen molar-refractivity contribution in [1.29, 1.82) is 0 Å². The first-order chi connectivity index (χ1) is 8.27. The molecule has 0 saturated heterocycles. The van der Waals surface area contributed by atoms with E-state index in [1.165, 1.54) is 11.1 Å². The molecular weight excluding hydrogens is 212 g/mol. The minimum Gasteiger partial charge on any atom is -0.496 e. The molecule has 0 aromatic heterocycles. The topological polar surface area (TPSA) is 29.5 Å². The molecule has 17 heavy (non-hydrogen) atoms. The molecule has 0 radical (unpaired) electrons. The van der Waals surface area contributed by atoms with Crippen LogP contribution in [0.25, 0.3) is 0 Å². The monoisotopic (exact) mass is 232 g/mol. The van der Waals surface area contributed by atoms with E-state index in [9.17, 15) is 5.11 Å². The van der Waals surface area contributed by atoms with Gasteiger partial charge in [-0.15, -0.1) is 0 Å². The Kier molecular flexibility index (Phi) is 4.21. The molecular formula is C15H20O2. The van der Waals surface area contributed by atoms with Gasteiger partial charge in [-0.3, -0.25) is 0 Å². The number of aliphatic hydroxyl groups excluding tert-OH is 1. The molecule has 0 bridgehead atoms. The Labute approximate surface area is 103 Å². The van der Waals surface area contributed by atoms with Crippen molar-refractivity contribution >= 4 is 0 Å². The Morgan fingerprint density at radius 2 is 2.18 bits per heavy atom. The van der Waals surface area contributed by atoms with Crippen molar-refractivity contribution in [1.82, 2.24) is 0 Å². The predicted octanol–water partition coefficient (Wildman–Crippen LogP) is 2.98. The first kappa shape index (κ1) is 12.2. The Morgan fingerprint density at radius 3 is 2.88 bits per heavy atom. The normalized spacial score (nSPS) is 17.2. The number of allylic oxidation sites excluding steroid dienone is 1. The third kappa shape index (κ3) is 3.34. The van der Waals surface area contributed by atoms with Crippen molar-refractivity contribution in [3.8, 4) is 0 Å². The summed E-state index contributed by atoms with van der Waals surface area (Å²) in [6.45, 7) is 2.85. The van der Waals surface area contributed by atoms with E-state index in [-0.39, 0.29) is 0 Å². The molecule has 0 spiro atoms. The van der Waals surface area contributed by atoms with E-state index < -0.39 is 6.10 Å². The minimum absolute atomic E-state index is 0.449. The standard InChI is InChI=1S/C15H20O2/c1-12-6-2-3-7-13(12)9-10-14(16)15-8-4-5-11-17-15/h2-3,6-8,14,16H,4-5,9-11H2,1H3. The molecule has 0 saturated carbocycles. The summed E-state index contributed by atoms with van der Waals surface area (Å²) in [4.78, 5) is 0. The maximum absolute atomic E-state index is 10.0. The largest absolute Gasteiger partial charge is 0.496 e. The number of aryl methyl sites for hydroxylation is 2. The number of aliphatic hydroxyl groups is 1. The van der Waals surface area contributed by atoms with E-state index in [1.54, 1.807) is 0 Å². The van der Waals surface area contributed by atoms with Gasteiger partial charge in [0, 0.05) is 0 Å². The lowest BCUT2D eigenvalue weighted by Crippen LogP contribution is -2.17. The molecule has 2 nitrogen and oxygen atoms in total. The highest BCUT2D eigenvalue weighted by molar-refractivity contribution is 5.25. The van der Waals surface area contributed by atoms with E-state index in [0.717, 1.165) is 38.0 Å². The molecule has 1 unspecified atom stereocenters.